The number of piperazine rings is 1. The molecule has 0 atom stereocenters. The largest absolute Gasteiger partial charge is 0.354 e. The first-order valence-electron chi connectivity index (χ1n) is 8.64. The van der Waals surface area contributed by atoms with Crippen LogP contribution in [0, 0.1) is 6.92 Å². The molecule has 0 radical (unpaired) electrons. The van der Waals surface area contributed by atoms with E-state index in [1.807, 2.05) is 49.5 Å². The van der Waals surface area contributed by atoms with Gasteiger partial charge in [-0.15, -0.1) is 0 Å². The van der Waals surface area contributed by atoms with Crippen LogP contribution in [0.5, 0.6) is 0 Å². The molecule has 5 heteroatoms. The molecule has 2 aromatic heterocycles. The molecule has 25 heavy (non-hydrogen) atoms. The first-order chi connectivity index (χ1) is 12.1. The summed E-state index contributed by atoms with van der Waals surface area (Å²) in [6.07, 6.45) is 1.85. The van der Waals surface area contributed by atoms with Crippen LogP contribution in [0.1, 0.15) is 5.56 Å². The molecule has 3 aromatic rings. The van der Waals surface area contributed by atoms with Gasteiger partial charge in [-0.25, -0.2) is 4.98 Å². The summed E-state index contributed by atoms with van der Waals surface area (Å²) in [6, 6.07) is 11.9. The third-order valence-corrected chi connectivity index (χ3v) is 4.99. The number of pyridine rings is 2. The highest BCUT2D eigenvalue weighted by atomic mass is 16.1. The molecule has 5 nitrogen and oxygen atoms in total. The average molecular weight is 334 g/mol. The highest BCUT2D eigenvalue weighted by molar-refractivity contribution is 5.87. The maximum atomic E-state index is 12.4. The summed E-state index contributed by atoms with van der Waals surface area (Å²) in [6.45, 7) is 6.13. The van der Waals surface area contributed by atoms with E-state index in [1.165, 1.54) is 0 Å². The third kappa shape index (κ3) is 3.03. The molecule has 1 saturated heterocycles. The van der Waals surface area contributed by atoms with E-state index in [0.29, 0.717) is 0 Å². The molecule has 0 amide bonds. The molecule has 1 N–H and O–H groups in total. The summed E-state index contributed by atoms with van der Waals surface area (Å²) in [5.41, 5.74) is 2.79. The Kier molecular flexibility index (Phi) is 4.01. The van der Waals surface area contributed by atoms with Gasteiger partial charge in [0, 0.05) is 43.3 Å². The van der Waals surface area contributed by atoms with Crippen molar-refractivity contribution in [2.75, 3.05) is 38.1 Å². The van der Waals surface area contributed by atoms with Gasteiger partial charge in [0.2, 0.25) is 0 Å². The molecule has 0 unspecified atom stereocenters. The molecule has 0 aliphatic carbocycles. The van der Waals surface area contributed by atoms with Gasteiger partial charge in [-0.1, -0.05) is 12.1 Å². The average Bonchev–Trinajstić information content (AvgIpc) is 2.63. The zero-order chi connectivity index (χ0) is 17.4. The van der Waals surface area contributed by atoms with E-state index in [4.69, 9.17) is 0 Å². The zero-order valence-corrected chi connectivity index (χ0v) is 14.6. The smallest absolute Gasteiger partial charge is 0.256 e. The lowest BCUT2D eigenvalue weighted by Gasteiger charge is -2.33. The number of nitrogens with one attached hydrogen (secondary N) is 1. The number of rotatable bonds is 2. The number of hydrogen-bond donors (Lipinski definition) is 1. The molecule has 1 aromatic carbocycles. The Morgan fingerprint density at radius 1 is 1.04 bits per heavy atom. The van der Waals surface area contributed by atoms with Crippen LogP contribution in [-0.2, 0) is 0 Å². The fourth-order valence-corrected chi connectivity index (χ4v) is 3.36. The lowest BCUT2D eigenvalue weighted by Crippen LogP contribution is -2.44. The normalized spacial score (nSPS) is 15.7. The maximum absolute atomic E-state index is 12.4. The van der Waals surface area contributed by atoms with Crippen LogP contribution < -0.4 is 10.5 Å². The highest BCUT2D eigenvalue weighted by Crippen LogP contribution is 2.23. The van der Waals surface area contributed by atoms with Gasteiger partial charge in [-0.05, 0) is 49.2 Å². The number of nitrogens with zero attached hydrogens (tertiary/aromatic N) is 3. The predicted molar refractivity (Wildman–Crippen MR) is 102 cm³/mol. The Bertz CT molecular complexity index is 954. The number of aromatic amines is 1. The van der Waals surface area contributed by atoms with E-state index in [9.17, 15) is 4.79 Å². The van der Waals surface area contributed by atoms with E-state index in [-0.39, 0.29) is 5.56 Å². The van der Waals surface area contributed by atoms with E-state index in [0.717, 1.165) is 59.6 Å². The van der Waals surface area contributed by atoms with Gasteiger partial charge in [0.25, 0.3) is 5.56 Å². The first-order valence-corrected chi connectivity index (χ1v) is 8.64. The molecule has 128 valence electrons. The van der Waals surface area contributed by atoms with Gasteiger partial charge in [0.15, 0.2) is 0 Å². The number of aryl methyl sites for hydroxylation is 1. The Labute approximate surface area is 146 Å². The lowest BCUT2D eigenvalue weighted by atomic mass is 10.0. The first kappa shape index (κ1) is 15.8. The molecule has 1 aliphatic rings. The SMILES string of the molecule is Cc1cccc2c(=O)[nH]c(-c3ccc(N4CCN(C)CC4)nc3)cc12. The molecule has 4 rings (SSSR count). The van der Waals surface area contributed by atoms with E-state index in [1.54, 1.807) is 0 Å². The van der Waals surface area contributed by atoms with Crippen LogP contribution >= 0.6 is 0 Å². The Balaban J connectivity index is 1.67. The maximum Gasteiger partial charge on any atom is 0.256 e. The van der Waals surface area contributed by atoms with Crippen molar-refractivity contribution >= 4 is 16.6 Å². The quantitative estimate of drug-likeness (QED) is 0.783. The Hall–Kier alpha value is -2.66. The number of benzene rings is 1. The highest BCUT2D eigenvalue weighted by Gasteiger charge is 2.15. The van der Waals surface area contributed by atoms with Crippen LogP contribution in [0.15, 0.2) is 47.4 Å². The van der Waals surface area contributed by atoms with Gasteiger partial charge in [0.05, 0.1) is 5.69 Å². The monoisotopic (exact) mass is 334 g/mol. The van der Waals surface area contributed by atoms with Crippen LogP contribution in [0.3, 0.4) is 0 Å². The minimum Gasteiger partial charge on any atom is -0.354 e. The second kappa shape index (κ2) is 6.33. The number of likely N-dealkylation sites (N-methyl/N-ethyl adjacent to an activating group) is 1. The molecule has 1 aliphatic heterocycles. The predicted octanol–water partition coefficient (Wildman–Crippen LogP) is 2.65. The van der Waals surface area contributed by atoms with Crippen LogP contribution in [0.25, 0.3) is 22.0 Å². The Morgan fingerprint density at radius 3 is 2.56 bits per heavy atom. The molecule has 1 fully saturated rings. The van der Waals surface area contributed by atoms with Crippen molar-refractivity contribution in [3.05, 3.63) is 58.5 Å². The number of fused-ring (bicyclic) bond motifs is 1. The van der Waals surface area contributed by atoms with Crippen molar-refractivity contribution in [2.24, 2.45) is 0 Å². The van der Waals surface area contributed by atoms with Crippen LogP contribution in [0.4, 0.5) is 5.82 Å². The third-order valence-electron chi connectivity index (χ3n) is 4.99. The lowest BCUT2D eigenvalue weighted by molar-refractivity contribution is 0.312. The van der Waals surface area contributed by atoms with Gasteiger partial charge < -0.3 is 14.8 Å². The zero-order valence-electron chi connectivity index (χ0n) is 14.6. The molecule has 3 heterocycles. The van der Waals surface area contributed by atoms with Gasteiger partial charge in [-0.2, -0.15) is 0 Å². The molecule has 0 spiro atoms. The van der Waals surface area contributed by atoms with Gasteiger partial charge in [0.1, 0.15) is 5.82 Å². The minimum atomic E-state index is -0.0562. The standard InChI is InChI=1S/C20H22N4O/c1-14-4-3-5-16-17(14)12-18(22-20(16)25)15-6-7-19(21-13-15)24-10-8-23(2)9-11-24/h3-7,12-13H,8-11H2,1-2H3,(H,22,25). The minimum absolute atomic E-state index is 0.0562. The summed E-state index contributed by atoms with van der Waals surface area (Å²) < 4.78 is 0. The fourth-order valence-electron chi connectivity index (χ4n) is 3.36. The molecule has 0 saturated carbocycles. The number of anilines is 1. The van der Waals surface area contributed by atoms with Crippen molar-refractivity contribution in [1.29, 1.82) is 0 Å². The van der Waals surface area contributed by atoms with Crippen molar-refractivity contribution in [2.45, 2.75) is 6.92 Å². The van der Waals surface area contributed by atoms with Gasteiger partial charge >= 0.3 is 0 Å². The second-order valence-electron chi connectivity index (χ2n) is 6.74. The van der Waals surface area contributed by atoms with Crippen molar-refractivity contribution in [3.8, 4) is 11.3 Å². The van der Waals surface area contributed by atoms with E-state index >= 15 is 0 Å². The number of H-pyrrole nitrogens is 1. The summed E-state index contributed by atoms with van der Waals surface area (Å²) in [5.74, 6) is 0.996. The molecular formula is C20H22N4O. The van der Waals surface area contributed by atoms with E-state index < -0.39 is 0 Å². The van der Waals surface area contributed by atoms with Crippen molar-refractivity contribution in [3.63, 3.8) is 0 Å². The summed E-state index contributed by atoms with van der Waals surface area (Å²) in [5, 5.41) is 1.72. The second-order valence-corrected chi connectivity index (χ2v) is 6.74. The van der Waals surface area contributed by atoms with Crippen LogP contribution in [0.2, 0.25) is 0 Å². The molecule has 0 bridgehead atoms. The molecular weight excluding hydrogens is 312 g/mol. The van der Waals surface area contributed by atoms with Crippen molar-refractivity contribution < 1.29 is 0 Å². The Morgan fingerprint density at radius 2 is 1.84 bits per heavy atom. The van der Waals surface area contributed by atoms with Crippen LogP contribution in [-0.4, -0.2) is 48.1 Å². The number of aromatic nitrogens is 2. The summed E-state index contributed by atoms with van der Waals surface area (Å²) in [7, 11) is 2.14. The summed E-state index contributed by atoms with van der Waals surface area (Å²) >= 11 is 0. The van der Waals surface area contributed by atoms with Gasteiger partial charge in [-0.3, -0.25) is 4.79 Å². The van der Waals surface area contributed by atoms with E-state index in [2.05, 4.69) is 26.8 Å². The number of hydrogen-bond acceptors (Lipinski definition) is 4. The topological polar surface area (TPSA) is 52.2 Å². The van der Waals surface area contributed by atoms with Crippen molar-refractivity contribution in [1.82, 2.24) is 14.9 Å². The summed E-state index contributed by atoms with van der Waals surface area (Å²) in [4.78, 5) is 24.6. The fraction of sp³-hybridized carbons (Fsp3) is 0.300.